The van der Waals surface area contributed by atoms with Gasteiger partial charge in [0.2, 0.25) is 0 Å². The molecule has 0 spiro atoms. The number of fused-ring (bicyclic) bond motifs is 1. The second-order valence-corrected chi connectivity index (χ2v) is 4.84. The Morgan fingerprint density at radius 3 is 2.61 bits per heavy atom. The van der Waals surface area contributed by atoms with Crippen molar-refractivity contribution in [3.8, 4) is 0 Å². The van der Waals surface area contributed by atoms with Gasteiger partial charge in [0, 0.05) is 6.20 Å². The van der Waals surface area contributed by atoms with E-state index in [0.717, 1.165) is 12.1 Å². The molecular formula is C15H10F4N4. The molecule has 118 valence electrons. The van der Waals surface area contributed by atoms with Gasteiger partial charge in [0.15, 0.2) is 5.82 Å². The molecule has 0 radical (unpaired) electrons. The summed E-state index contributed by atoms with van der Waals surface area (Å²) in [6.07, 6.45) is -3.26. The van der Waals surface area contributed by atoms with Crippen molar-refractivity contribution in [2.75, 3.05) is 0 Å². The van der Waals surface area contributed by atoms with Gasteiger partial charge in [-0.1, -0.05) is 6.07 Å². The minimum absolute atomic E-state index is 0.0468. The number of aromatic nitrogens is 2. The lowest BCUT2D eigenvalue weighted by atomic mass is 10.2. The van der Waals surface area contributed by atoms with Crippen molar-refractivity contribution in [1.29, 1.82) is 0 Å². The normalized spacial score (nSPS) is 12.4. The van der Waals surface area contributed by atoms with Crippen LogP contribution in [0.15, 0.2) is 52.8 Å². The lowest BCUT2D eigenvalue weighted by Crippen LogP contribution is -2.03. The van der Waals surface area contributed by atoms with Gasteiger partial charge in [-0.15, -0.1) is 10.2 Å². The van der Waals surface area contributed by atoms with E-state index in [-0.39, 0.29) is 11.5 Å². The van der Waals surface area contributed by atoms with E-state index in [9.17, 15) is 17.6 Å². The molecule has 4 nitrogen and oxygen atoms in total. The molecule has 0 amide bonds. The number of halogens is 4. The zero-order chi connectivity index (χ0) is 16.6. The lowest BCUT2D eigenvalue weighted by molar-refractivity contribution is -0.137. The number of hydrogen-bond donors (Lipinski definition) is 0. The van der Waals surface area contributed by atoms with Crippen molar-refractivity contribution in [3.63, 3.8) is 0 Å². The number of nitrogens with zero attached hydrogens (tertiary/aromatic N) is 4. The Labute approximate surface area is 128 Å². The summed E-state index contributed by atoms with van der Waals surface area (Å²) < 4.78 is 52.7. The van der Waals surface area contributed by atoms with E-state index in [4.69, 9.17) is 0 Å². The van der Waals surface area contributed by atoms with Crippen LogP contribution in [0.25, 0.3) is 5.65 Å². The molecular weight excluding hydrogens is 312 g/mol. The number of alkyl halides is 3. The number of rotatable bonds is 2. The fraction of sp³-hybridized carbons (Fsp3) is 0.133. The molecule has 3 aromatic rings. The molecule has 0 saturated heterocycles. The molecule has 0 aliphatic carbocycles. The molecule has 0 N–H and O–H groups in total. The van der Waals surface area contributed by atoms with E-state index in [1.165, 1.54) is 34.9 Å². The summed E-state index contributed by atoms with van der Waals surface area (Å²) in [5.41, 5.74) is 0.202. The number of benzene rings is 1. The Morgan fingerprint density at radius 1 is 1.09 bits per heavy atom. The van der Waals surface area contributed by atoms with Crippen LogP contribution < -0.4 is 0 Å². The second kappa shape index (κ2) is 5.45. The van der Waals surface area contributed by atoms with Crippen LogP contribution >= 0.6 is 0 Å². The van der Waals surface area contributed by atoms with Gasteiger partial charge < -0.3 is 0 Å². The monoisotopic (exact) mass is 322 g/mol. The molecule has 0 aliphatic rings. The maximum atomic E-state index is 13.3. The summed E-state index contributed by atoms with van der Waals surface area (Å²) in [6, 6.07) is 7.23. The number of pyridine rings is 1. The summed E-state index contributed by atoms with van der Waals surface area (Å²) in [7, 11) is 0. The summed E-state index contributed by atoms with van der Waals surface area (Å²) in [4.78, 5) is 4.19. The van der Waals surface area contributed by atoms with Gasteiger partial charge >= 0.3 is 6.18 Å². The first kappa shape index (κ1) is 15.1. The molecule has 23 heavy (non-hydrogen) atoms. The van der Waals surface area contributed by atoms with Gasteiger partial charge in [-0.3, -0.25) is 4.40 Å². The zero-order valence-electron chi connectivity index (χ0n) is 11.8. The maximum absolute atomic E-state index is 13.3. The van der Waals surface area contributed by atoms with Crippen molar-refractivity contribution in [3.05, 3.63) is 59.7 Å². The molecule has 0 aliphatic heterocycles. The molecule has 3 rings (SSSR count). The third-order valence-electron chi connectivity index (χ3n) is 3.16. The van der Waals surface area contributed by atoms with E-state index >= 15 is 0 Å². The van der Waals surface area contributed by atoms with E-state index in [2.05, 4.69) is 15.2 Å². The molecule has 0 unspecified atom stereocenters. The van der Waals surface area contributed by atoms with Crippen molar-refractivity contribution in [1.82, 2.24) is 9.38 Å². The average Bonchev–Trinajstić information content (AvgIpc) is 2.79. The molecule has 2 heterocycles. The number of aryl methyl sites for hydroxylation is 1. The topological polar surface area (TPSA) is 42.0 Å². The standard InChI is InChI=1S/C15H10F4N4/c1-9-14(23-8-11(16)5-6-13(23)20-9)22-21-12-4-2-3-10(7-12)15(17,18)19/h2-8H,1H3. The van der Waals surface area contributed by atoms with E-state index in [1.54, 1.807) is 6.92 Å². The maximum Gasteiger partial charge on any atom is 0.416 e. The predicted octanol–water partition coefficient (Wildman–Crippen LogP) is 5.22. The minimum Gasteiger partial charge on any atom is -0.280 e. The molecule has 0 bridgehead atoms. The predicted molar refractivity (Wildman–Crippen MR) is 75.5 cm³/mol. The lowest BCUT2D eigenvalue weighted by Gasteiger charge is -2.05. The Bertz CT molecular complexity index is 896. The third-order valence-corrected chi connectivity index (χ3v) is 3.16. The van der Waals surface area contributed by atoms with Crippen molar-refractivity contribution < 1.29 is 17.6 Å². The summed E-state index contributed by atoms with van der Waals surface area (Å²) >= 11 is 0. The summed E-state index contributed by atoms with van der Waals surface area (Å²) in [6.45, 7) is 1.66. The van der Waals surface area contributed by atoms with Crippen LogP contribution in [0, 0.1) is 12.7 Å². The molecule has 0 atom stereocenters. The van der Waals surface area contributed by atoms with Gasteiger partial charge in [-0.25, -0.2) is 9.37 Å². The molecule has 0 fully saturated rings. The fourth-order valence-corrected chi connectivity index (χ4v) is 2.09. The van der Waals surface area contributed by atoms with E-state index < -0.39 is 17.6 Å². The third kappa shape index (κ3) is 3.05. The minimum atomic E-state index is -4.45. The Balaban J connectivity index is 2.01. The van der Waals surface area contributed by atoms with Gasteiger partial charge in [0.05, 0.1) is 16.9 Å². The highest BCUT2D eigenvalue weighted by Gasteiger charge is 2.30. The Kier molecular flexibility index (Phi) is 3.59. The van der Waals surface area contributed by atoms with Crippen molar-refractivity contribution >= 4 is 17.2 Å². The summed E-state index contributed by atoms with van der Waals surface area (Å²) in [5, 5.41) is 7.73. The van der Waals surface area contributed by atoms with Gasteiger partial charge in [0.25, 0.3) is 0 Å². The molecule has 8 heteroatoms. The zero-order valence-corrected chi connectivity index (χ0v) is 11.8. The molecule has 1 aromatic carbocycles. The first-order valence-corrected chi connectivity index (χ1v) is 6.58. The quantitative estimate of drug-likeness (QED) is 0.471. The molecule has 2 aromatic heterocycles. The van der Waals surface area contributed by atoms with Crippen LogP contribution in [0.1, 0.15) is 11.3 Å². The van der Waals surface area contributed by atoms with Crippen LogP contribution in [-0.2, 0) is 6.18 Å². The number of azo groups is 1. The van der Waals surface area contributed by atoms with Gasteiger partial charge in [-0.05, 0) is 37.3 Å². The largest absolute Gasteiger partial charge is 0.416 e. The van der Waals surface area contributed by atoms with Crippen LogP contribution in [0.5, 0.6) is 0 Å². The first-order valence-electron chi connectivity index (χ1n) is 6.58. The highest BCUT2D eigenvalue weighted by molar-refractivity contribution is 5.52. The number of imidazole rings is 1. The van der Waals surface area contributed by atoms with Crippen LogP contribution in [0.2, 0.25) is 0 Å². The average molecular weight is 322 g/mol. The molecule has 0 saturated carbocycles. The first-order chi connectivity index (χ1) is 10.8. The van der Waals surface area contributed by atoms with E-state index in [1.807, 2.05) is 0 Å². The summed E-state index contributed by atoms with van der Waals surface area (Å²) in [5.74, 6) is -0.220. The smallest absolute Gasteiger partial charge is 0.280 e. The van der Waals surface area contributed by atoms with E-state index in [0.29, 0.717) is 11.3 Å². The van der Waals surface area contributed by atoms with Crippen LogP contribution in [0.3, 0.4) is 0 Å². The number of hydrogen-bond acceptors (Lipinski definition) is 3. The van der Waals surface area contributed by atoms with Crippen LogP contribution in [-0.4, -0.2) is 9.38 Å². The fourth-order valence-electron chi connectivity index (χ4n) is 2.09. The SMILES string of the molecule is Cc1nc2ccc(F)cn2c1N=Nc1cccc(C(F)(F)F)c1. The van der Waals surface area contributed by atoms with Crippen LogP contribution in [0.4, 0.5) is 29.1 Å². The van der Waals surface area contributed by atoms with Crippen molar-refractivity contribution in [2.24, 2.45) is 10.2 Å². The second-order valence-electron chi connectivity index (χ2n) is 4.84. The van der Waals surface area contributed by atoms with Gasteiger partial charge in [0.1, 0.15) is 11.5 Å². The Morgan fingerprint density at radius 2 is 1.87 bits per heavy atom. The highest BCUT2D eigenvalue weighted by Crippen LogP contribution is 2.32. The highest BCUT2D eigenvalue weighted by atomic mass is 19.4. The van der Waals surface area contributed by atoms with Crippen molar-refractivity contribution in [2.45, 2.75) is 13.1 Å². The Hall–Kier alpha value is -2.77. The van der Waals surface area contributed by atoms with Gasteiger partial charge in [-0.2, -0.15) is 13.2 Å².